The first-order valence-corrected chi connectivity index (χ1v) is 7.15. The Balaban J connectivity index is 1.61. The monoisotopic (exact) mass is 274 g/mol. The normalized spacial score (nSPS) is 25.9. The van der Waals surface area contributed by atoms with Crippen LogP contribution in [0.4, 0.5) is 5.95 Å². The number of aryl methyl sites for hydroxylation is 1. The Morgan fingerprint density at radius 2 is 2.35 bits per heavy atom. The van der Waals surface area contributed by atoms with Crippen LogP contribution in [0.25, 0.3) is 11.6 Å². The molecule has 2 aromatic heterocycles. The van der Waals surface area contributed by atoms with Gasteiger partial charge in [0.25, 0.3) is 0 Å². The number of hydrogen-bond donors (Lipinski definition) is 2. The van der Waals surface area contributed by atoms with Crippen LogP contribution < -0.4 is 10.2 Å². The number of anilines is 1. The fourth-order valence-electron chi connectivity index (χ4n) is 3.28. The summed E-state index contributed by atoms with van der Waals surface area (Å²) in [6, 6.07) is 2.38. The van der Waals surface area contributed by atoms with Gasteiger partial charge in [0.05, 0.1) is 5.69 Å². The van der Waals surface area contributed by atoms with E-state index in [2.05, 4.69) is 30.6 Å². The number of aromatic amines is 1. The summed E-state index contributed by atoms with van der Waals surface area (Å²) in [5, 5.41) is 14.7. The van der Waals surface area contributed by atoms with Crippen molar-refractivity contribution in [2.45, 2.75) is 25.8 Å². The van der Waals surface area contributed by atoms with Crippen molar-refractivity contribution in [1.29, 1.82) is 0 Å². The molecular weight excluding hydrogens is 256 g/mol. The summed E-state index contributed by atoms with van der Waals surface area (Å²) in [4.78, 5) is 6.89. The maximum Gasteiger partial charge on any atom is 0.245 e. The summed E-state index contributed by atoms with van der Waals surface area (Å²) < 4.78 is 5.22. The summed E-state index contributed by atoms with van der Waals surface area (Å²) in [5.74, 6) is 2.78. The first kappa shape index (κ1) is 11.9. The molecule has 4 rings (SSSR count). The second-order valence-corrected chi connectivity index (χ2v) is 5.64. The standard InChI is InChI=1S/C13H18N6O/c1-8-5-11(20-18-8)12-15-13(17-16-12)19-4-2-3-9-6-14-7-10(9)19/h5,9-10,14H,2-4,6-7H2,1H3,(H,15,16,17). The highest BCUT2D eigenvalue weighted by Crippen LogP contribution is 2.29. The lowest BCUT2D eigenvalue weighted by Crippen LogP contribution is -2.45. The van der Waals surface area contributed by atoms with Gasteiger partial charge in [-0.2, -0.15) is 4.98 Å². The maximum absolute atomic E-state index is 5.22. The van der Waals surface area contributed by atoms with Crippen LogP contribution in [-0.2, 0) is 0 Å². The molecule has 0 spiro atoms. The van der Waals surface area contributed by atoms with Crippen molar-refractivity contribution >= 4 is 5.95 Å². The van der Waals surface area contributed by atoms with Crippen LogP contribution in [0.3, 0.4) is 0 Å². The van der Waals surface area contributed by atoms with E-state index >= 15 is 0 Å². The zero-order valence-corrected chi connectivity index (χ0v) is 11.5. The second-order valence-electron chi connectivity index (χ2n) is 5.64. The average molecular weight is 274 g/mol. The van der Waals surface area contributed by atoms with Crippen molar-refractivity contribution < 1.29 is 4.52 Å². The van der Waals surface area contributed by atoms with Gasteiger partial charge in [-0.3, -0.25) is 5.10 Å². The predicted molar refractivity (Wildman–Crippen MR) is 73.3 cm³/mol. The molecule has 2 aliphatic heterocycles. The van der Waals surface area contributed by atoms with Gasteiger partial charge in [-0.15, -0.1) is 5.10 Å². The third kappa shape index (κ3) is 1.89. The van der Waals surface area contributed by atoms with Crippen LogP contribution in [0.5, 0.6) is 0 Å². The summed E-state index contributed by atoms with van der Waals surface area (Å²) in [7, 11) is 0. The summed E-state index contributed by atoms with van der Waals surface area (Å²) in [6.07, 6.45) is 2.50. The maximum atomic E-state index is 5.22. The largest absolute Gasteiger partial charge is 0.353 e. The van der Waals surface area contributed by atoms with E-state index in [9.17, 15) is 0 Å². The molecule has 0 bridgehead atoms. The molecule has 106 valence electrons. The zero-order valence-electron chi connectivity index (χ0n) is 11.5. The molecule has 0 saturated carbocycles. The van der Waals surface area contributed by atoms with Gasteiger partial charge in [0.1, 0.15) is 0 Å². The fraction of sp³-hybridized carbons (Fsp3) is 0.615. The van der Waals surface area contributed by atoms with E-state index in [4.69, 9.17) is 4.52 Å². The first-order valence-electron chi connectivity index (χ1n) is 7.15. The van der Waals surface area contributed by atoms with Crippen molar-refractivity contribution in [3.05, 3.63) is 11.8 Å². The minimum absolute atomic E-state index is 0.517. The molecule has 20 heavy (non-hydrogen) atoms. The molecule has 0 aromatic carbocycles. The molecule has 2 aromatic rings. The van der Waals surface area contributed by atoms with E-state index in [1.54, 1.807) is 0 Å². The van der Waals surface area contributed by atoms with Gasteiger partial charge in [0.2, 0.25) is 11.7 Å². The highest BCUT2D eigenvalue weighted by Gasteiger charge is 2.36. The molecule has 2 aliphatic rings. The van der Waals surface area contributed by atoms with Gasteiger partial charge in [0, 0.05) is 31.7 Å². The number of H-pyrrole nitrogens is 1. The lowest BCUT2D eigenvalue weighted by atomic mass is 9.92. The van der Waals surface area contributed by atoms with Crippen LogP contribution in [0.1, 0.15) is 18.5 Å². The van der Waals surface area contributed by atoms with Crippen LogP contribution >= 0.6 is 0 Å². The zero-order chi connectivity index (χ0) is 13.5. The highest BCUT2D eigenvalue weighted by molar-refractivity contribution is 5.49. The van der Waals surface area contributed by atoms with Crippen molar-refractivity contribution in [2.24, 2.45) is 5.92 Å². The van der Waals surface area contributed by atoms with Crippen molar-refractivity contribution in [3.63, 3.8) is 0 Å². The molecule has 7 heteroatoms. The number of piperidine rings is 1. The van der Waals surface area contributed by atoms with E-state index in [0.717, 1.165) is 37.2 Å². The number of nitrogens with one attached hydrogen (secondary N) is 2. The Morgan fingerprint density at radius 1 is 1.40 bits per heavy atom. The average Bonchev–Trinajstić information content (AvgIpc) is 3.17. The van der Waals surface area contributed by atoms with E-state index in [1.165, 1.54) is 12.8 Å². The molecule has 0 aliphatic carbocycles. The Labute approximate surface area is 116 Å². The molecule has 0 amide bonds. The third-order valence-corrected chi connectivity index (χ3v) is 4.27. The quantitative estimate of drug-likeness (QED) is 0.848. The number of aromatic nitrogens is 4. The molecule has 0 radical (unpaired) electrons. The third-order valence-electron chi connectivity index (χ3n) is 4.27. The number of nitrogens with zero attached hydrogens (tertiary/aromatic N) is 4. The number of fused-ring (bicyclic) bond motifs is 1. The van der Waals surface area contributed by atoms with Crippen molar-refractivity contribution in [1.82, 2.24) is 25.7 Å². The van der Waals surface area contributed by atoms with Gasteiger partial charge in [-0.1, -0.05) is 5.16 Å². The Bertz CT molecular complexity index is 606. The Hall–Kier alpha value is -1.89. The molecule has 2 saturated heterocycles. The topological polar surface area (TPSA) is 82.9 Å². The minimum atomic E-state index is 0.517. The molecule has 7 nitrogen and oxygen atoms in total. The highest BCUT2D eigenvalue weighted by atomic mass is 16.5. The van der Waals surface area contributed by atoms with Crippen LogP contribution in [-0.4, -0.2) is 46.0 Å². The Kier molecular flexibility index (Phi) is 2.73. The van der Waals surface area contributed by atoms with Crippen molar-refractivity contribution in [3.8, 4) is 11.6 Å². The van der Waals surface area contributed by atoms with E-state index in [1.807, 2.05) is 13.0 Å². The lowest BCUT2D eigenvalue weighted by Gasteiger charge is -2.36. The number of hydrogen-bond acceptors (Lipinski definition) is 6. The molecule has 4 heterocycles. The van der Waals surface area contributed by atoms with E-state index in [0.29, 0.717) is 17.6 Å². The predicted octanol–water partition coefficient (Wildman–Crippen LogP) is 0.956. The molecular formula is C13H18N6O. The van der Waals surface area contributed by atoms with E-state index < -0.39 is 0 Å². The summed E-state index contributed by atoms with van der Waals surface area (Å²) in [6.45, 7) is 5.05. The summed E-state index contributed by atoms with van der Waals surface area (Å²) >= 11 is 0. The van der Waals surface area contributed by atoms with Gasteiger partial charge < -0.3 is 14.7 Å². The van der Waals surface area contributed by atoms with Crippen molar-refractivity contribution in [2.75, 3.05) is 24.5 Å². The molecule has 2 atom stereocenters. The SMILES string of the molecule is Cc1cc(-c2nc(N3CCCC4CNCC43)n[nH]2)on1. The van der Waals surface area contributed by atoms with Crippen LogP contribution in [0.15, 0.2) is 10.6 Å². The Morgan fingerprint density at radius 3 is 3.20 bits per heavy atom. The van der Waals surface area contributed by atoms with Crippen LogP contribution in [0.2, 0.25) is 0 Å². The lowest BCUT2D eigenvalue weighted by molar-refractivity contribution is 0.381. The smallest absolute Gasteiger partial charge is 0.245 e. The summed E-state index contributed by atoms with van der Waals surface area (Å²) in [5.41, 5.74) is 0.843. The molecule has 2 unspecified atom stereocenters. The van der Waals surface area contributed by atoms with Crippen LogP contribution in [0, 0.1) is 12.8 Å². The van der Waals surface area contributed by atoms with Gasteiger partial charge >= 0.3 is 0 Å². The van der Waals surface area contributed by atoms with Gasteiger partial charge in [0.15, 0.2) is 5.82 Å². The molecule has 2 fully saturated rings. The number of rotatable bonds is 2. The first-order chi connectivity index (χ1) is 9.81. The minimum Gasteiger partial charge on any atom is -0.353 e. The van der Waals surface area contributed by atoms with Gasteiger partial charge in [-0.25, -0.2) is 0 Å². The van der Waals surface area contributed by atoms with Gasteiger partial charge in [-0.05, 0) is 25.7 Å². The second kappa shape index (κ2) is 4.59. The molecule has 2 N–H and O–H groups in total. The van der Waals surface area contributed by atoms with E-state index in [-0.39, 0.29) is 0 Å². The fourth-order valence-corrected chi connectivity index (χ4v) is 3.28.